The minimum atomic E-state index is -0.949. The van der Waals surface area contributed by atoms with Crippen LogP contribution in [0.15, 0.2) is 24.3 Å². The molecule has 0 aromatic heterocycles. The van der Waals surface area contributed by atoms with E-state index in [1.165, 1.54) is 30.7 Å². The van der Waals surface area contributed by atoms with Crippen LogP contribution in [0.25, 0.3) is 6.08 Å². The molecule has 2 heterocycles. The second-order valence-corrected chi connectivity index (χ2v) is 9.34. The molecule has 5 nitrogen and oxygen atoms in total. The Hall–Kier alpha value is -2.28. The highest BCUT2D eigenvalue weighted by molar-refractivity contribution is 5.91. The number of rotatable bonds is 5. The molecule has 1 N–H and O–H groups in total. The van der Waals surface area contributed by atoms with Crippen molar-refractivity contribution in [1.82, 2.24) is 10.2 Å². The van der Waals surface area contributed by atoms with E-state index in [9.17, 15) is 18.4 Å². The molecule has 2 saturated heterocycles. The number of nitrogens with one attached hydrogen (secondary N) is 1. The van der Waals surface area contributed by atoms with Gasteiger partial charge in [0.25, 0.3) is 0 Å². The molecule has 1 aromatic carbocycles. The zero-order chi connectivity index (χ0) is 22.6. The molecule has 1 aliphatic carbocycles. The molecule has 174 valence electrons. The molecule has 1 spiro atoms. The molecule has 1 atom stereocenters. The summed E-state index contributed by atoms with van der Waals surface area (Å²) in [6, 6.07) is 3.90. The van der Waals surface area contributed by atoms with Crippen molar-refractivity contribution < 1.29 is 23.1 Å². The van der Waals surface area contributed by atoms with Gasteiger partial charge >= 0.3 is 0 Å². The Morgan fingerprint density at radius 3 is 2.59 bits per heavy atom. The molecule has 1 saturated carbocycles. The molecule has 2 amide bonds. The van der Waals surface area contributed by atoms with E-state index in [1.807, 2.05) is 0 Å². The predicted molar refractivity (Wildman–Crippen MR) is 118 cm³/mol. The summed E-state index contributed by atoms with van der Waals surface area (Å²) in [4.78, 5) is 26.6. The standard InChI is InChI=1S/C25H32F2N2O3/c26-21-8-4-7-18(23(21)27)9-10-22(30)29-15-13-25(14-16-29)12-11-20(32-25)17-28-24(31)19-5-2-1-3-6-19/h4,7-10,19-20H,1-3,5-6,11-17H2,(H,28,31)/b10-9+/t20-/m0/s1. The molecule has 3 aliphatic rings. The van der Waals surface area contributed by atoms with Gasteiger partial charge < -0.3 is 15.0 Å². The highest BCUT2D eigenvalue weighted by Gasteiger charge is 2.43. The van der Waals surface area contributed by atoms with Crippen molar-refractivity contribution in [2.75, 3.05) is 19.6 Å². The van der Waals surface area contributed by atoms with Gasteiger partial charge in [0.15, 0.2) is 11.6 Å². The SMILES string of the molecule is O=C(NC[C@@H]1CCC2(CCN(C(=O)/C=C/c3cccc(F)c3F)CC2)O1)C1CCCCC1. The maximum absolute atomic E-state index is 13.8. The van der Waals surface area contributed by atoms with Crippen LogP contribution in [0.3, 0.4) is 0 Å². The van der Waals surface area contributed by atoms with Crippen LogP contribution in [0.4, 0.5) is 8.78 Å². The second-order valence-electron chi connectivity index (χ2n) is 9.34. The summed E-state index contributed by atoms with van der Waals surface area (Å²) >= 11 is 0. The minimum Gasteiger partial charge on any atom is -0.370 e. The largest absolute Gasteiger partial charge is 0.370 e. The summed E-state index contributed by atoms with van der Waals surface area (Å²) in [6.07, 6.45) is 11.5. The Balaban J connectivity index is 1.22. The van der Waals surface area contributed by atoms with Gasteiger partial charge in [0.1, 0.15) is 0 Å². The number of carbonyl (C=O) groups is 2. The average Bonchev–Trinajstić information content (AvgIpc) is 3.21. The quantitative estimate of drug-likeness (QED) is 0.690. The van der Waals surface area contributed by atoms with Gasteiger partial charge in [-0.15, -0.1) is 0 Å². The summed E-state index contributed by atoms with van der Waals surface area (Å²) in [7, 11) is 0. The van der Waals surface area contributed by atoms with Crippen molar-refractivity contribution in [2.45, 2.75) is 69.5 Å². The van der Waals surface area contributed by atoms with Gasteiger partial charge in [-0.25, -0.2) is 8.78 Å². The number of carbonyl (C=O) groups excluding carboxylic acids is 2. The van der Waals surface area contributed by atoms with Crippen molar-refractivity contribution >= 4 is 17.9 Å². The van der Waals surface area contributed by atoms with Gasteiger partial charge in [0.05, 0.1) is 11.7 Å². The normalized spacial score (nSPS) is 23.7. The molecular weight excluding hydrogens is 414 g/mol. The van der Waals surface area contributed by atoms with E-state index in [1.54, 1.807) is 4.90 Å². The zero-order valence-electron chi connectivity index (χ0n) is 18.5. The van der Waals surface area contributed by atoms with E-state index >= 15 is 0 Å². The summed E-state index contributed by atoms with van der Waals surface area (Å²) in [6.45, 7) is 1.69. The van der Waals surface area contributed by atoms with Gasteiger partial charge in [-0.05, 0) is 50.7 Å². The lowest BCUT2D eigenvalue weighted by atomic mass is 9.88. The van der Waals surface area contributed by atoms with Crippen molar-refractivity contribution in [3.05, 3.63) is 41.5 Å². The number of halogens is 2. The Bertz CT molecular complexity index is 859. The van der Waals surface area contributed by atoms with Gasteiger partial charge in [0, 0.05) is 37.2 Å². The van der Waals surface area contributed by atoms with Crippen LogP contribution in [-0.4, -0.2) is 48.1 Å². The number of hydrogen-bond acceptors (Lipinski definition) is 3. The van der Waals surface area contributed by atoms with Gasteiger partial charge in [-0.1, -0.05) is 31.4 Å². The first-order chi connectivity index (χ1) is 15.5. The monoisotopic (exact) mass is 446 g/mol. The molecule has 32 heavy (non-hydrogen) atoms. The van der Waals surface area contributed by atoms with Crippen LogP contribution in [0.1, 0.15) is 63.4 Å². The topological polar surface area (TPSA) is 58.6 Å². The second kappa shape index (κ2) is 10.1. The van der Waals surface area contributed by atoms with Crippen LogP contribution in [0.5, 0.6) is 0 Å². The molecule has 7 heteroatoms. The van der Waals surface area contributed by atoms with Gasteiger partial charge in [-0.3, -0.25) is 9.59 Å². The summed E-state index contributed by atoms with van der Waals surface area (Å²) in [5.41, 5.74) is -0.167. The van der Waals surface area contributed by atoms with E-state index < -0.39 is 11.6 Å². The van der Waals surface area contributed by atoms with Gasteiger partial charge in [0.2, 0.25) is 11.8 Å². The number of piperidine rings is 1. The third-order valence-electron chi connectivity index (χ3n) is 7.19. The lowest BCUT2D eigenvalue weighted by Crippen LogP contribution is -2.47. The fraction of sp³-hybridized carbons (Fsp3) is 0.600. The lowest BCUT2D eigenvalue weighted by Gasteiger charge is -2.39. The third-order valence-corrected chi connectivity index (χ3v) is 7.19. The van der Waals surface area contributed by atoms with Gasteiger partial charge in [-0.2, -0.15) is 0 Å². The Morgan fingerprint density at radius 2 is 1.84 bits per heavy atom. The number of benzene rings is 1. The molecule has 0 radical (unpaired) electrons. The predicted octanol–water partition coefficient (Wildman–Crippen LogP) is 4.21. The van der Waals surface area contributed by atoms with E-state index in [0.717, 1.165) is 57.4 Å². The molecule has 0 bridgehead atoms. The Morgan fingerprint density at radius 1 is 1.09 bits per heavy atom. The van der Waals surface area contributed by atoms with Crippen molar-refractivity contribution in [3.63, 3.8) is 0 Å². The number of amides is 2. The summed E-state index contributed by atoms with van der Waals surface area (Å²) < 4.78 is 33.4. The maximum atomic E-state index is 13.8. The smallest absolute Gasteiger partial charge is 0.246 e. The average molecular weight is 447 g/mol. The Kier molecular flexibility index (Phi) is 7.23. The summed E-state index contributed by atoms with van der Waals surface area (Å²) in [5, 5.41) is 3.09. The number of ether oxygens (including phenoxy) is 1. The van der Waals surface area contributed by atoms with Crippen molar-refractivity contribution in [2.24, 2.45) is 5.92 Å². The molecule has 0 unspecified atom stereocenters. The first kappa shape index (κ1) is 22.9. The molecule has 4 rings (SSSR count). The number of hydrogen-bond donors (Lipinski definition) is 1. The maximum Gasteiger partial charge on any atom is 0.246 e. The molecule has 3 fully saturated rings. The zero-order valence-corrected chi connectivity index (χ0v) is 18.5. The van der Waals surface area contributed by atoms with Crippen LogP contribution in [0.2, 0.25) is 0 Å². The number of nitrogens with zero attached hydrogens (tertiary/aromatic N) is 1. The van der Waals surface area contributed by atoms with E-state index in [2.05, 4.69) is 5.32 Å². The van der Waals surface area contributed by atoms with Crippen molar-refractivity contribution in [3.8, 4) is 0 Å². The van der Waals surface area contributed by atoms with Crippen LogP contribution in [-0.2, 0) is 14.3 Å². The first-order valence-electron chi connectivity index (χ1n) is 11.8. The fourth-order valence-electron chi connectivity index (χ4n) is 5.18. The molecule has 1 aromatic rings. The third kappa shape index (κ3) is 5.37. The molecule has 2 aliphatic heterocycles. The van der Waals surface area contributed by atoms with E-state index in [-0.39, 0.29) is 35.0 Å². The lowest BCUT2D eigenvalue weighted by molar-refractivity contribution is -0.134. The van der Waals surface area contributed by atoms with Crippen molar-refractivity contribution in [1.29, 1.82) is 0 Å². The minimum absolute atomic E-state index is 0.0284. The Labute approximate surface area is 188 Å². The highest BCUT2D eigenvalue weighted by Crippen LogP contribution is 2.39. The van der Waals surface area contributed by atoms with E-state index in [4.69, 9.17) is 4.74 Å². The van der Waals surface area contributed by atoms with E-state index in [0.29, 0.717) is 19.6 Å². The first-order valence-corrected chi connectivity index (χ1v) is 11.8. The van der Waals surface area contributed by atoms with Crippen LogP contribution in [0, 0.1) is 17.6 Å². The molecular formula is C25H32F2N2O3. The fourth-order valence-corrected chi connectivity index (χ4v) is 5.18. The highest BCUT2D eigenvalue weighted by atomic mass is 19.2. The number of likely N-dealkylation sites (tertiary alicyclic amines) is 1. The summed E-state index contributed by atoms with van der Waals surface area (Å²) in [5.74, 6) is -1.77. The van der Waals surface area contributed by atoms with Crippen LogP contribution >= 0.6 is 0 Å². The van der Waals surface area contributed by atoms with Crippen LogP contribution < -0.4 is 5.32 Å².